The number of nitrogens with two attached hydrogens (primary N) is 4. The van der Waals surface area contributed by atoms with Gasteiger partial charge in [-0.25, -0.2) is 0 Å². The molecule has 0 aromatic heterocycles. The van der Waals surface area contributed by atoms with Crippen molar-refractivity contribution in [2.45, 2.75) is 206 Å². The van der Waals surface area contributed by atoms with Crippen LogP contribution in [0.25, 0.3) is 0 Å². The maximum Gasteiger partial charge on any atom is 0.326 e. The number of carbonyl (C=O) groups is 11. The van der Waals surface area contributed by atoms with Gasteiger partial charge in [0, 0.05) is 6.54 Å². The Kier molecular flexibility index (Phi) is 33.3. The molecule has 0 bridgehead atoms. The van der Waals surface area contributed by atoms with Crippen LogP contribution in [0.2, 0.25) is 0 Å². The van der Waals surface area contributed by atoms with Crippen molar-refractivity contribution in [3.63, 3.8) is 0 Å². The Hall–Kier alpha value is -7.62. The Morgan fingerprint density at radius 2 is 1.26 bits per heavy atom. The highest BCUT2D eigenvalue weighted by Crippen LogP contribution is 2.25. The molecule has 1 heterocycles. The Bertz CT molecular complexity index is 2590. The molecule has 508 valence electrons. The smallest absolute Gasteiger partial charge is 0.326 e. The van der Waals surface area contributed by atoms with Crippen molar-refractivity contribution in [2.75, 3.05) is 19.7 Å². The van der Waals surface area contributed by atoms with Crippen LogP contribution in [0.1, 0.15) is 126 Å². The highest BCUT2D eigenvalue weighted by atomic mass is 16.5. The second-order valence-electron chi connectivity index (χ2n) is 24.2. The summed E-state index contributed by atoms with van der Waals surface area (Å²) in [6, 6.07) is -10.3. The van der Waals surface area contributed by atoms with E-state index in [-0.39, 0.29) is 74.3 Å². The number of aliphatic hydroxyl groups is 5. The van der Waals surface area contributed by atoms with Gasteiger partial charge in [0.05, 0.1) is 31.4 Å². The van der Waals surface area contributed by atoms with Crippen LogP contribution in [0.3, 0.4) is 0 Å². The highest BCUT2D eigenvalue weighted by molar-refractivity contribution is 5.99. The molecule has 0 radical (unpaired) electrons. The van der Waals surface area contributed by atoms with Crippen LogP contribution in [0.4, 0.5) is 0 Å². The molecule has 1 aliphatic rings. The second kappa shape index (κ2) is 38.2. The Labute approximate surface area is 524 Å². The molecule has 16 atom stereocenters. The molecule has 2 rings (SSSR count). The summed E-state index contributed by atoms with van der Waals surface area (Å²) in [5, 5.41) is 80.1. The summed E-state index contributed by atoms with van der Waals surface area (Å²) in [7, 11) is 0. The summed E-state index contributed by atoms with van der Waals surface area (Å²) in [6.45, 7) is 15.5. The predicted molar refractivity (Wildman–Crippen MR) is 327 cm³/mol. The van der Waals surface area contributed by atoms with Crippen molar-refractivity contribution >= 4 is 71.0 Å². The largest absolute Gasteiger partial charge is 0.453 e. The lowest BCUT2D eigenvalue weighted by molar-refractivity contribution is -0.159. The van der Waals surface area contributed by atoms with Gasteiger partial charge in [-0.2, -0.15) is 0 Å². The van der Waals surface area contributed by atoms with Gasteiger partial charge in [0.15, 0.2) is 18.2 Å². The average Bonchev–Trinajstić information content (AvgIpc) is 1.47. The van der Waals surface area contributed by atoms with Crippen molar-refractivity contribution in [2.24, 2.45) is 57.5 Å². The zero-order valence-corrected chi connectivity index (χ0v) is 53.2. The van der Waals surface area contributed by atoms with Crippen LogP contribution < -0.4 is 76.1 Å². The number of amides is 10. The quantitative estimate of drug-likeness (QED) is 0.0210. The van der Waals surface area contributed by atoms with Crippen LogP contribution >= 0.6 is 0 Å². The first-order chi connectivity index (χ1) is 42.0. The first kappa shape index (κ1) is 78.5. The van der Waals surface area contributed by atoms with Crippen molar-refractivity contribution in [3.05, 3.63) is 35.9 Å². The number of nitrogens with zero attached hydrogens (tertiary/aromatic N) is 1. The van der Waals surface area contributed by atoms with Crippen molar-refractivity contribution in [1.29, 1.82) is 0 Å². The predicted octanol–water partition coefficient (Wildman–Crippen LogP) is -5.64. The minimum atomic E-state index is -2.47. The van der Waals surface area contributed by atoms with Crippen LogP contribution in [0, 0.1) is 29.6 Å². The molecule has 10 amide bonds. The number of hydrogen-bond acceptors (Lipinski definition) is 20. The molecule has 1 aromatic carbocycles. The van der Waals surface area contributed by atoms with Crippen LogP contribution in [-0.4, -0.2) is 201 Å². The van der Waals surface area contributed by atoms with Gasteiger partial charge in [0.2, 0.25) is 59.1 Å². The van der Waals surface area contributed by atoms with E-state index < -0.39 is 181 Å². The lowest BCUT2D eigenvalue weighted by atomic mass is 9.95. The topological polar surface area (TPSA) is 535 Å². The molecule has 1 aromatic rings. The van der Waals surface area contributed by atoms with Crippen LogP contribution in [0.15, 0.2) is 35.3 Å². The number of benzene rings is 1. The Morgan fingerprint density at radius 1 is 0.689 bits per heavy atom. The number of carbonyl (C=O) groups excluding carboxylic acids is 11. The normalized spacial score (nSPS) is 25.6. The Morgan fingerprint density at radius 3 is 1.79 bits per heavy atom. The summed E-state index contributed by atoms with van der Waals surface area (Å²) in [5.74, 6) is -15.3. The second-order valence-corrected chi connectivity index (χ2v) is 24.2. The van der Waals surface area contributed by atoms with Gasteiger partial charge in [0.25, 0.3) is 0 Å². The summed E-state index contributed by atoms with van der Waals surface area (Å²) in [5.41, 5.74) is 22.6. The molecule has 0 saturated carbocycles. The lowest BCUT2D eigenvalue weighted by Crippen LogP contribution is -2.64. The molecule has 1 saturated heterocycles. The number of ether oxygens (including phenoxy) is 1. The zero-order chi connectivity index (χ0) is 68.4. The van der Waals surface area contributed by atoms with E-state index in [1.807, 2.05) is 13.8 Å². The minimum Gasteiger partial charge on any atom is -0.453 e. The Balaban J connectivity index is 3.13. The van der Waals surface area contributed by atoms with E-state index in [1.54, 1.807) is 41.5 Å². The van der Waals surface area contributed by atoms with E-state index in [2.05, 4.69) is 58.2 Å². The summed E-state index contributed by atoms with van der Waals surface area (Å²) in [6.07, 6.45) is -10.3. The SMILES string of the molecule is CC[C@H](C)[C@@H]1NC(=O)[C@@H](CCCN=C(N)N)NC(=O)[C@H](CC(C)C)NC(=O)[C@H]([C@H](O)C(C)C)NC(=O)[C@@H](NC(=O)[C@H](CC(C)C)NC(=O)[C@H](N)CC(C)C)[C@@H](c2ccccc2)OC(=O)[C@H](CO)NC(O)[C@H]([C@H](O)C(N)=O)NC(=O)CNC(=O)[C@H]([C@H](C)O)NC1=O. The van der Waals surface area contributed by atoms with Crippen molar-refractivity contribution in [3.8, 4) is 0 Å². The first-order valence-corrected chi connectivity index (χ1v) is 30.2. The number of nitrogens with one attached hydrogen (secondary N) is 10. The van der Waals surface area contributed by atoms with Gasteiger partial charge < -0.3 is 101 Å². The first-order valence-electron chi connectivity index (χ1n) is 30.2. The molecule has 1 fully saturated rings. The average molecular weight is 1280 g/mol. The maximum atomic E-state index is 15.4. The molecule has 0 aliphatic carbocycles. The number of esters is 1. The fraction of sp³-hybridized carbons (Fsp3) is 0.690. The molecule has 32 nitrogen and oxygen atoms in total. The molecular formula is C58H99N15O17. The third kappa shape index (κ3) is 25.7. The van der Waals surface area contributed by atoms with Gasteiger partial charge in [-0.3, -0.25) is 63.0 Å². The third-order valence-corrected chi connectivity index (χ3v) is 14.6. The van der Waals surface area contributed by atoms with Crippen LogP contribution in [-0.2, 0) is 57.5 Å². The number of guanidine groups is 1. The zero-order valence-electron chi connectivity index (χ0n) is 53.2. The van der Waals surface area contributed by atoms with E-state index in [0.29, 0.717) is 0 Å². The van der Waals surface area contributed by atoms with Crippen molar-refractivity contribution < 1.29 is 83.0 Å². The number of cyclic esters (lactones) is 1. The molecule has 90 heavy (non-hydrogen) atoms. The fourth-order valence-corrected chi connectivity index (χ4v) is 9.38. The standard InChI is InChI=1S/C58H99N15O17/c1-12-30(10)39-53(85)71-40(31(11)75)52(84)64-24-38(76)69-42(45(78)47(60)79)55(87)68-37(25-74)57(89)90-46(32-17-14-13-15-18-32)43(73-51(83)36(23-28(6)7)66-48(80)33(59)21-26(2)3)56(88)72-41(44(77)29(8)9)54(86)67-35(22-27(4)5)50(82)65-34(49(81)70-39)19-16-20-63-58(61)62/h13-15,17-18,26-31,33-37,39-46,55,68,74-75,77-78,87H,12,16,19-25,59H2,1-11H3,(H2,60,79)(H,64,84)(H,65,82)(H,66,80)(H,67,86)(H,69,76)(H,70,81)(H,71,85)(H,72,88)(H,73,83)(H4,61,62,63)/t30-,31-,33+,34+,35-,36-,37-,39-,40-,41-,42-,43-,44+,45-,46+,55?/m0/s1. The number of aliphatic imine (C=N–C) groups is 1. The summed E-state index contributed by atoms with van der Waals surface area (Å²) < 4.78 is 5.96. The highest BCUT2D eigenvalue weighted by Gasteiger charge is 2.44. The molecule has 1 aliphatic heterocycles. The monoisotopic (exact) mass is 1280 g/mol. The number of hydrogen-bond donors (Lipinski definition) is 19. The van der Waals surface area contributed by atoms with Gasteiger partial charge in [-0.05, 0) is 74.2 Å². The summed E-state index contributed by atoms with van der Waals surface area (Å²) in [4.78, 5) is 160. The fourth-order valence-electron chi connectivity index (χ4n) is 9.38. The minimum absolute atomic E-state index is 0.0434. The summed E-state index contributed by atoms with van der Waals surface area (Å²) >= 11 is 0. The number of primary amides is 1. The maximum absolute atomic E-state index is 15.4. The van der Waals surface area contributed by atoms with E-state index >= 15 is 4.79 Å². The molecule has 1 unspecified atom stereocenters. The van der Waals surface area contributed by atoms with Gasteiger partial charge in [-0.1, -0.05) is 106 Å². The van der Waals surface area contributed by atoms with Crippen molar-refractivity contribution in [1.82, 2.24) is 53.2 Å². The molecular weight excluding hydrogens is 1180 g/mol. The lowest BCUT2D eigenvalue weighted by Gasteiger charge is -2.34. The van der Waals surface area contributed by atoms with E-state index in [0.717, 1.165) is 6.92 Å². The van der Waals surface area contributed by atoms with Gasteiger partial charge in [-0.15, -0.1) is 0 Å². The van der Waals surface area contributed by atoms with E-state index in [4.69, 9.17) is 27.7 Å². The van der Waals surface area contributed by atoms with Gasteiger partial charge in [0.1, 0.15) is 60.6 Å². The van der Waals surface area contributed by atoms with E-state index in [1.165, 1.54) is 44.2 Å². The molecule has 32 heteroatoms. The number of aliphatic hydroxyl groups excluding tert-OH is 5. The molecule has 23 N–H and O–H groups in total. The molecule has 0 spiro atoms. The third-order valence-electron chi connectivity index (χ3n) is 14.6. The number of rotatable bonds is 23. The van der Waals surface area contributed by atoms with Gasteiger partial charge >= 0.3 is 5.97 Å². The van der Waals surface area contributed by atoms with E-state index in [9.17, 15) is 73.5 Å². The van der Waals surface area contributed by atoms with Crippen LogP contribution in [0.5, 0.6) is 0 Å².